The number of hydrogen-bond donors (Lipinski definition) is 0. The number of aromatic nitrogens is 5. The van der Waals surface area contributed by atoms with Crippen molar-refractivity contribution in [3.05, 3.63) is 212 Å². The van der Waals surface area contributed by atoms with Crippen LogP contribution in [0.25, 0.3) is 121 Å². The molecule has 288 valence electrons. The maximum atomic E-state index is 5.37. The van der Waals surface area contributed by atoms with Crippen molar-refractivity contribution in [2.45, 2.75) is 0 Å². The monoisotopic (exact) mass is 789 g/mol. The van der Waals surface area contributed by atoms with Crippen LogP contribution < -0.4 is 0 Å². The fraction of sp³-hybridized carbons (Fsp3) is 0. The molecule has 0 atom stereocenters. The largest absolute Gasteiger partial charge is 0.307 e. The summed E-state index contributed by atoms with van der Waals surface area (Å²) in [5, 5.41) is 11.6. The maximum Gasteiger partial charge on any atom is 0.164 e. The standard InChI is InChI=1S/C57H35N5/c1-2-19-39(20-3-1)61-50-29-12-10-25-44(50)46-27-15-31-53(54(46)61)62-51-30-13-11-26-45(51)48-35-38(32-33-52(48)62)55-58-56(47-28-14-18-36-16-4-6-21-40(36)47)60-57(59-55)49-34-37-17-5-7-22-41(37)42-23-8-9-24-43(42)49/h1-35H. The zero-order chi connectivity index (χ0) is 40.7. The van der Waals surface area contributed by atoms with Crippen LogP contribution in [0.4, 0.5) is 0 Å². The minimum absolute atomic E-state index is 0.625. The molecule has 0 aliphatic rings. The Hall–Kier alpha value is -8.41. The molecular weight excluding hydrogens is 755 g/mol. The van der Waals surface area contributed by atoms with E-state index in [0.29, 0.717) is 17.5 Å². The SMILES string of the molecule is c1ccc(-n2c3ccccc3c3cccc(-n4c5ccccc5c5cc(-c6nc(-c7cccc8ccccc78)nc(-c7cc8ccccc8c8ccccc78)n6)ccc54)c32)cc1. The van der Waals surface area contributed by atoms with Gasteiger partial charge in [-0.1, -0.05) is 158 Å². The highest BCUT2D eigenvalue weighted by Gasteiger charge is 2.22. The van der Waals surface area contributed by atoms with E-state index < -0.39 is 0 Å². The van der Waals surface area contributed by atoms with Crippen molar-refractivity contribution >= 4 is 75.9 Å². The Balaban J connectivity index is 1.08. The molecule has 0 radical (unpaired) electrons. The fourth-order valence-electron chi connectivity index (χ4n) is 9.80. The molecule has 5 heteroatoms. The molecule has 0 amide bonds. The summed E-state index contributed by atoms with van der Waals surface area (Å²) in [7, 11) is 0. The van der Waals surface area contributed by atoms with Gasteiger partial charge >= 0.3 is 0 Å². The quantitative estimate of drug-likeness (QED) is 0.163. The normalized spacial score (nSPS) is 11.9. The van der Waals surface area contributed by atoms with Gasteiger partial charge in [0.2, 0.25) is 0 Å². The molecule has 0 unspecified atom stereocenters. The van der Waals surface area contributed by atoms with Crippen LogP contribution >= 0.6 is 0 Å². The van der Waals surface area contributed by atoms with Gasteiger partial charge in [-0.2, -0.15) is 0 Å². The number of fused-ring (bicyclic) bond motifs is 10. The van der Waals surface area contributed by atoms with E-state index in [9.17, 15) is 0 Å². The smallest absolute Gasteiger partial charge is 0.164 e. The summed E-state index contributed by atoms with van der Waals surface area (Å²) >= 11 is 0. The van der Waals surface area contributed by atoms with E-state index in [2.05, 4.69) is 221 Å². The van der Waals surface area contributed by atoms with Crippen LogP contribution in [0.1, 0.15) is 0 Å². The first-order chi connectivity index (χ1) is 30.8. The summed E-state index contributed by atoms with van der Waals surface area (Å²) in [6.07, 6.45) is 0. The summed E-state index contributed by atoms with van der Waals surface area (Å²) in [5.74, 6) is 1.91. The topological polar surface area (TPSA) is 48.5 Å². The lowest BCUT2D eigenvalue weighted by Crippen LogP contribution is -2.01. The van der Waals surface area contributed by atoms with Gasteiger partial charge in [0.05, 0.1) is 27.8 Å². The molecule has 13 rings (SSSR count). The fourth-order valence-corrected chi connectivity index (χ4v) is 9.80. The molecule has 13 aromatic rings. The predicted molar refractivity (Wildman–Crippen MR) is 257 cm³/mol. The predicted octanol–water partition coefficient (Wildman–Crippen LogP) is 14.5. The third-order valence-electron chi connectivity index (χ3n) is 12.5. The van der Waals surface area contributed by atoms with Gasteiger partial charge < -0.3 is 9.13 Å². The molecule has 0 saturated carbocycles. The van der Waals surface area contributed by atoms with Crippen molar-refractivity contribution in [1.82, 2.24) is 24.1 Å². The minimum Gasteiger partial charge on any atom is -0.307 e. The Kier molecular flexibility index (Phi) is 7.54. The van der Waals surface area contributed by atoms with Crippen LogP contribution in [0, 0.1) is 0 Å². The third kappa shape index (κ3) is 5.18. The average Bonchev–Trinajstić information content (AvgIpc) is 3.86. The summed E-state index contributed by atoms with van der Waals surface area (Å²) in [6, 6.07) is 75.6. The molecule has 62 heavy (non-hydrogen) atoms. The second-order valence-corrected chi connectivity index (χ2v) is 16.0. The third-order valence-corrected chi connectivity index (χ3v) is 12.5. The highest BCUT2D eigenvalue weighted by atomic mass is 15.1. The second kappa shape index (κ2) is 13.6. The highest BCUT2D eigenvalue weighted by Crippen LogP contribution is 2.41. The molecule has 0 N–H and O–H groups in total. The lowest BCUT2D eigenvalue weighted by atomic mass is 9.96. The first-order valence-electron chi connectivity index (χ1n) is 21.0. The molecule has 0 spiro atoms. The molecular formula is C57H35N5. The Bertz CT molecular complexity index is 3930. The van der Waals surface area contributed by atoms with E-state index in [0.717, 1.165) is 76.9 Å². The number of benzene rings is 10. The Morgan fingerprint density at radius 2 is 0.839 bits per heavy atom. The molecule has 3 heterocycles. The zero-order valence-corrected chi connectivity index (χ0v) is 33.4. The lowest BCUT2D eigenvalue weighted by molar-refractivity contribution is 1.08. The van der Waals surface area contributed by atoms with E-state index in [4.69, 9.17) is 15.0 Å². The number of para-hydroxylation sites is 4. The van der Waals surface area contributed by atoms with Crippen LogP contribution in [0.5, 0.6) is 0 Å². The van der Waals surface area contributed by atoms with Gasteiger partial charge in [-0.15, -0.1) is 0 Å². The zero-order valence-electron chi connectivity index (χ0n) is 33.4. The van der Waals surface area contributed by atoms with Crippen LogP contribution in [0.2, 0.25) is 0 Å². The van der Waals surface area contributed by atoms with Crippen LogP contribution in [-0.4, -0.2) is 24.1 Å². The second-order valence-electron chi connectivity index (χ2n) is 16.0. The van der Waals surface area contributed by atoms with E-state index in [-0.39, 0.29) is 0 Å². The van der Waals surface area contributed by atoms with Crippen molar-refractivity contribution in [2.24, 2.45) is 0 Å². The molecule has 0 aliphatic heterocycles. The summed E-state index contributed by atoms with van der Waals surface area (Å²) in [6.45, 7) is 0. The van der Waals surface area contributed by atoms with Gasteiger partial charge in [0.15, 0.2) is 17.5 Å². The summed E-state index contributed by atoms with van der Waals surface area (Å²) < 4.78 is 4.84. The van der Waals surface area contributed by atoms with Gasteiger partial charge in [0.1, 0.15) is 0 Å². The Labute approximate surface area is 356 Å². The Morgan fingerprint density at radius 1 is 0.290 bits per heavy atom. The van der Waals surface area contributed by atoms with Crippen molar-refractivity contribution in [3.63, 3.8) is 0 Å². The van der Waals surface area contributed by atoms with Gasteiger partial charge in [0.25, 0.3) is 0 Å². The van der Waals surface area contributed by atoms with E-state index in [1.54, 1.807) is 0 Å². The molecule has 0 saturated heterocycles. The highest BCUT2D eigenvalue weighted by molar-refractivity contribution is 6.16. The van der Waals surface area contributed by atoms with Crippen molar-refractivity contribution < 1.29 is 0 Å². The summed E-state index contributed by atoms with van der Waals surface area (Å²) in [4.78, 5) is 16.0. The van der Waals surface area contributed by atoms with Gasteiger partial charge in [-0.05, 0) is 86.9 Å². The lowest BCUT2D eigenvalue weighted by Gasteiger charge is -2.14. The molecule has 0 fully saturated rings. The van der Waals surface area contributed by atoms with Gasteiger partial charge in [0, 0.05) is 43.9 Å². The molecule has 0 bridgehead atoms. The van der Waals surface area contributed by atoms with Crippen LogP contribution in [0.3, 0.4) is 0 Å². The van der Waals surface area contributed by atoms with Crippen molar-refractivity contribution in [3.8, 4) is 45.5 Å². The summed E-state index contributed by atoms with van der Waals surface area (Å²) in [5.41, 5.74) is 9.69. The average molecular weight is 790 g/mol. The number of nitrogens with zero attached hydrogens (tertiary/aromatic N) is 5. The number of hydrogen-bond acceptors (Lipinski definition) is 3. The Morgan fingerprint density at radius 3 is 1.65 bits per heavy atom. The van der Waals surface area contributed by atoms with Crippen LogP contribution in [0.15, 0.2) is 212 Å². The molecule has 3 aromatic heterocycles. The van der Waals surface area contributed by atoms with Crippen molar-refractivity contribution in [1.29, 1.82) is 0 Å². The van der Waals surface area contributed by atoms with E-state index in [1.165, 1.54) is 27.1 Å². The van der Waals surface area contributed by atoms with Crippen molar-refractivity contribution in [2.75, 3.05) is 0 Å². The number of rotatable bonds is 5. The van der Waals surface area contributed by atoms with Crippen LogP contribution in [-0.2, 0) is 0 Å². The van der Waals surface area contributed by atoms with Gasteiger partial charge in [-0.25, -0.2) is 15.0 Å². The van der Waals surface area contributed by atoms with E-state index in [1.807, 2.05) is 0 Å². The maximum absolute atomic E-state index is 5.37. The first-order valence-corrected chi connectivity index (χ1v) is 21.0. The molecule has 10 aromatic carbocycles. The first kappa shape index (κ1) is 34.5. The minimum atomic E-state index is 0.625. The molecule has 5 nitrogen and oxygen atoms in total. The molecule has 0 aliphatic carbocycles. The van der Waals surface area contributed by atoms with E-state index >= 15 is 0 Å². The van der Waals surface area contributed by atoms with Gasteiger partial charge in [-0.3, -0.25) is 0 Å².